The van der Waals surface area contributed by atoms with Crippen LogP contribution in [0.25, 0.3) is 0 Å². The Morgan fingerprint density at radius 2 is 1.73 bits per heavy atom. The predicted octanol–water partition coefficient (Wildman–Crippen LogP) is 1.10. The molecule has 0 radical (unpaired) electrons. The molecule has 5 nitrogen and oxygen atoms in total. The lowest BCUT2D eigenvalue weighted by atomic mass is 10.0. The monoisotopic (exact) mass is 233 g/mol. The third-order valence-corrected chi connectivity index (χ3v) is 3.57. The Balaban J connectivity index is 2.08. The minimum absolute atomic E-state index is 0.193. The summed E-state index contributed by atoms with van der Waals surface area (Å²) in [4.78, 5) is 13.2. The van der Waals surface area contributed by atoms with Crippen molar-refractivity contribution in [2.75, 3.05) is 6.26 Å². The van der Waals surface area contributed by atoms with Crippen LogP contribution >= 0.6 is 0 Å². The van der Waals surface area contributed by atoms with Gasteiger partial charge in [-0.2, -0.15) is 8.42 Å². The van der Waals surface area contributed by atoms with Crippen LogP contribution in [0.1, 0.15) is 32.1 Å². The van der Waals surface area contributed by atoms with Crippen molar-refractivity contribution in [3.8, 4) is 0 Å². The van der Waals surface area contributed by atoms with Crippen molar-refractivity contribution in [3.05, 3.63) is 0 Å². The molecule has 0 spiro atoms. The van der Waals surface area contributed by atoms with E-state index >= 15 is 0 Å². The number of rotatable bonds is 1. The van der Waals surface area contributed by atoms with Crippen LogP contribution in [-0.2, 0) is 14.3 Å². The van der Waals surface area contributed by atoms with Crippen LogP contribution in [0.5, 0.6) is 0 Å². The number of fused-ring (bicyclic) bond motifs is 2. The van der Waals surface area contributed by atoms with E-state index in [1.54, 1.807) is 4.90 Å². The average molecular weight is 233 g/mol. The summed E-state index contributed by atoms with van der Waals surface area (Å²) >= 11 is 0. The van der Waals surface area contributed by atoms with Gasteiger partial charge in [0.25, 0.3) is 0 Å². The zero-order valence-corrected chi connectivity index (χ0v) is 9.50. The lowest BCUT2D eigenvalue weighted by Crippen LogP contribution is -2.44. The lowest BCUT2D eigenvalue weighted by molar-refractivity contribution is 0.111. The summed E-state index contributed by atoms with van der Waals surface area (Å²) in [7, 11) is -3.68. The average Bonchev–Trinajstić information content (AvgIpc) is 2.34. The molecule has 2 rings (SSSR count). The molecule has 0 aromatic heterocycles. The second-order valence-electron chi connectivity index (χ2n) is 4.28. The maximum Gasteiger partial charge on any atom is 0.425 e. The maximum absolute atomic E-state index is 11.6. The number of hydrogen-bond donors (Lipinski definition) is 0. The maximum atomic E-state index is 11.6. The van der Waals surface area contributed by atoms with Gasteiger partial charge in [-0.1, -0.05) is 0 Å². The summed E-state index contributed by atoms with van der Waals surface area (Å²) in [6, 6.07) is 0.385. The Labute approximate surface area is 89.5 Å². The highest BCUT2D eigenvalue weighted by Crippen LogP contribution is 2.35. The summed E-state index contributed by atoms with van der Waals surface area (Å²) in [5, 5.41) is 0. The van der Waals surface area contributed by atoms with Gasteiger partial charge >= 0.3 is 16.2 Å². The quantitative estimate of drug-likeness (QED) is 0.636. The molecule has 6 heteroatoms. The van der Waals surface area contributed by atoms with E-state index in [9.17, 15) is 13.2 Å². The van der Waals surface area contributed by atoms with Crippen molar-refractivity contribution in [3.63, 3.8) is 0 Å². The van der Waals surface area contributed by atoms with E-state index in [4.69, 9.17) is 0 Å². The predicted molar refractivity (Wildman–Crippen MR) is 53.8 cm³/mol. The summed E-state index contributed by atoms with van der Waals surface area (Å²) < 4.78 is 26.1. The molecule has 2 aliphatic rings. The molecule has 2 bridgehead atoms. The summed E-state index contributed by atoms with van der Waals surface area (Å²) in [6.07, 6.45) is 5.22. The van der Waals surface area contributed by atoms with Crippen molar-refractivity contribution in [2.45, 2.75) is 44.2 Å². The third kappa shape index (κ3) is 2.25. The van der Waals surface area contributed by atoms with Gasteiger partial charge in [0.15, 0.2) is 0 Å². The fourth-order valence-electron chi connectivity index (χ4n) is 2.59. The zero-order chi connectivity index (χ0) is 11.1. The molecule has 2 aliphatic heterocycles. The van der Waals surface area contributed by atoms with Gasteiger partial charge in [-0.05, 0) is 32.1 Å². The van der Waals surface area contributed by atoms with E-state index in [1.165, 1.54) is 0 Å². The van der Waals surface area contributed by atoms with Gasteiger partial charge in [-0.15, -0.1) is 0 Å². The molecular weight excluding hydrogens is 218 g/mol. The van der Waals surface area contributed by atoms with E-state index in [0.29, 0.717) is 0 Å². The van der Waals surface area contributed by atoms with Crippen molar-refractivity contribution >= 4 is 16.2 Å². The topological polar surface area (TPSA) is 63.7 Å². The largest absolute Gasteiger partial charge is 0.425 e. The van der Waals surface area contributed by atoms with Gasteiger partial charge in [-0.3, -0.25) is 0 Å². The van der Waals surface area contributed by atoms with Crippen LogP contribution in [0.15, 0.2) is 0 Å². The fourth-order valence-corrected chi connectivity index (χ4v) is 2.93. The first kappa shape index (κ1) is 10.7. The van der Waals surface area contributed by atoms with Crippen molar-refractivity contribution in [1.29, 1.82) is 0 Å². The highest BCUT2D eigenvalue weighted by Gasteiger charge is 2.41. The van der Waals surface area contributed by atoms with Gasteiger partial charge in [0.2, 0.25) is 0 Å². The molecule has 0 N–H and O–H groups in total. The number of hydrogen-bond acceptors (Lipinski definition) is 4. The molecular formula is C9H15NO4S. The molecule has 15 heavy (non-hydrogen) atoms. The Morgan fingerprint density at radius 3 is 2.20 bits per heavy atom. The Hall–Kier alpha value is -0.780. The minimum atomic E-state index is -3.68. The highest BCUT2D eigenvalue weighted by molar-refractivity contribution is 7.86. The number of carbonyl (C=O) groups is 1. The smallest absolute Gasteiger partial charge is 0.328 e. The van der Waals surface area contributed by atoms with Gasteiger partial charge in [0.05, 0.1) is 6.26 Å². The zero-order valence-electron chi connectivity index (χ0n) is 8.68. The Morgan fingerprint density at radius 1 is 1.20 bits per heavy atom. The standard InChI is InChI=1S/C9H15NO4S/c1-15(12,13)14-9(11)10-7-3-2-4-8(10)6-5-7/h7-8H,2-6H2,1H3. The highest BCUT2D eigenvalue weighted by atomic mass is 32.2. The fraction of sp³-hybridized carbons (Fsp3) is 0.889. The van der Waals surface area contributed by atoms with E-state index in [0.717, 1.165) is 38.4 Å². The summed E-state index contributed by atoms with van der Waals surface area (Å²) in [6.45, 7) is 0. The first-order valence-electron chi connectivity index (χ1n) is 5.19. The van der Waals surface area contributed by atoms with Crippen LogP contribution in [-0.4, -0.2) is 37.8 Å². The molecule has 86 valence electrons. The van der Waals surface area contributed by atoms with Gasteiger partial charge < -0.3 is 9.08 Å². The minimum Gasteiger partial charge on any atom is -0.328 e. The van der Waals surface area contributed by atoms with Crippen LogP contribution in [0.3, 0.4) is 0 Å². The van der Waals surface area contributed by atoms with Crippen LogP contribution in [0, 0.1) is 0 Å². The van der Waals surface area contributed by atoms with Crippen LogP contribution in [0.4, 0.5) is 4.79 Å². The summed E-state index contributed by atoms with van der Waals surface area (Å²) in [5.41, 5.74) is 0. The first-order chi connectivity index (χ1) is 6.97. The number of piperidine rings is 1. The molecule has 2 unspecified atom stereocenters. The van der Waals surface area contributed by atoms with Crippen molar-refractivity contribution in [1.82, 2.24) is 4.90 Å². The third-order valence-electron chi connectivity index (χ3n) is 3.13. The van der Waals surface area contributed by atoms with Gasteiger partial charge in [0, 0.05) is 12.1 Å². The molecule has 0 aromatic carbocycles. The van der Waals surface area contributed by atoms with Crippen molar-refractivity contribution < 1.29 is 17.4 Å². The number of carbonyl (C=O) groups excluding carboxylic acids is 1. The van der Waals surface area contributed by atoms with E-state index in [1.807, 2.05) is 0 Å². The SMILES string of the molecule is CS(=O)(=O)OC(=O)N1C2CCCC1CC2. The number of amides is 1. The molecule has 0 aliphatic carbocycles. The second-order valence-corrected chi connectivity index (χ2v) is 5.85. The molecule has 2 saturated heterocycles. The Bertz CT molecular complexity index is 348. The van der Waals surface area contributed by atoms with E-state index < -0.39 is 16.2 Å². The normalized spacial score (nSPS) is 30.3. The Kier molecular flexibility index (Phi) is 2.62. The summed E-state index contributed by atoms with van der Waals surface area (Å²) in [5.74, 6) is 0. The van der Waals surface area contributed by atoms with Crippen molar-refractivity contribution in [2.24, 2.45) is 0 Å². The molecule has 0 saturated carbocycles. The molecule has 1 amide bonds. The number of nitrogens with zero attached hydrogens (tertiary/aromatic N) is 1. The van der Waals surface area contributed by atoms with Crippen LogP contribution in [0.2, 0.25) is 0 Å². The van der Waals surface area contributed by atoms with Gasteiger partial charge in [0.1, 0.15) is 0 Å². The van der Waals surface area contributed by atoms with E-state index in [2.05, 4.69) is 4.18 Å². The lowest BCUT2D eigenvalue weighted by Gasteiger charge is -2.33. The first-order valence-corrected chi connectivity index (χ1v) is 7.01. The molecule has 2 heterocycles. The van der Waals surface area contributed by atoms with E-state index in [-0.39, 0.29) is 12.1 Å². The van der Waals surface area contributed by atoms with Crippen LogP contribution < -0.4 is 0 Å². The molecule has 0 aromatic rings. The molecule has 2 fully saturated rings. The van der Waals surface area contributed by atoms with Gasteiger partial charge in [-0.25, -0.2) is 4.79 Å². The molecule has 2 atom stereocenters. The second kappa shape index (κ2) is 3.66.